The number of anilines is 1. The summed E-state index contributed by atoms with van der Waals surface area (Å²) >= 11 is 5.02. The number of thiophene rings is 1. The summed E-state index contributed by atoms with van der Waals surface area (Å²) in [5, 5.41) is 2.89. The minimum absolute atomic E-state index is 0.0179. The van der Waals surface area contributed by atoms with Gasteiger partial charge >= 0.3 is 0 Å². The first-order valence-corrected chi connectivity index (χ1v) is 7.10. The Morgan fingerprint density at radius 3 is 2.56 bits per heavy atom. The SMILES string of the molecule is Nc1ccc(CC(=O)NCc2ccc(Br)s2)cc1. The van der Waals surface area contributed by atoms with Crippen molar-refractivity contribution in [2.24, 2.45) is 0 Å². The molecule has 1 amide bonds. The molecule has 0 aliphatic rings. The van der Waals surface area contributed by atoms with Crippen molar-refractivity contribution in [2.75, 3.05) is 5.73 Å². The fraction of sp³-hybridized carbons (Fsp3) is 0.154. The second-order valence-corrected chi connectivity index (χ2v) is 6.45. The van der Waals surface area contributed by atoms with E-state index in [2.05, 4.69) is 21.2 Å². The third kappa shape index (κ3) is 3.85. The molecule has 0 aliphatic heterocycles. The summed E-state index contributed by atoms with van der Waals surface area (Å²) in [6.45, 7) is 0.573. The number of nitrogen functional groups attached to an aromatic ring is 1. The smallest absolute Gasteiger partial charge is 0.224 e. The molecule has 18 heavy (non-hydrogen) atoms. The Hall–Kier alpha value is -1.33. The molecule has 1 aromatic carbocycles. The molecule has 94 valence electrons. The van der Waals surface area contributed by atoms with Crippen LogP contribution in [0.2, 0.25) is 0 Å². The Kier molecular flexibility index (Phi) is 4.38. The normalized spacial score (nSPS) is 10.3. The van der Waals surface area contributed by atoms with E-state index >= 15 is 0 Å². The molecule has 0 saturated carbocycles. The quantitative estimate of drug-likeness (QED) is 0.849. The van der Waals surface area contributed by atoms with Crippen LogP contribution in [0.4, 0.5) is 5.69 Å². The fourth-order valence-corrected chi connectivity index (χ4v) is 2.94. The summed E-state index contributed by atoms with van der Waals surface area (Å²) in [6.07, 6.45) is 0.382. The van der Waals surface area contributed by atoms with E-state index in [0.717, 1.165) is 14.2 Å². The Morgan fingerprint density at radius 1 is 1.22 bits per heavy atom. The van der Waals surface area contributed by atoms with Crippen molar-refractivity contribution in [1.29, 1.82) is 0 Å². The maximum absolute atomic E-state index is 11.7. The number of hydrogen-bond acceptors (Lipinski definition) is 3. The average molecular weight is 325 g/mol. The van der Waals surface area contributed by atoms with Crippen LogP contribution in [0.5, 0.6) is 0 Å². The van der Waals surface area contributed by atoms with Gasteiger partial charge in [0.2, 0.25) is 5.91 Å². The predicted octanol–water partition coefficient (Wildman–Crippen LogP) is 2.95. The number of hydrogen-bond donors (Lipinski definition) is 2. The Labute approximate surface area is 118 Å². The number of nitrogens with two attached hydrogens (primary N) is 1. The van der Waals surface area contributed by atoms with Crippen molar-refractivity contribution in [1.82, 2.24) is 5.32 Å². The number of benzene rings is 1. The van der Waals surface area contributed by atoms with E-state index in [0.29, 0.717) is 18.7 Å². The van der Waals surface area contributed by atoms with E-state index in [9.17, 15) is 4.79 Å². The van der Waals surface area contributed by atoms with Gasteiger partial charge in [-0.05, 0) is 45.8 Å². The fourth-order valence-electron chi connectivity index (χ4n) is 1.52. The van der Waals surface area contributed by atoms with E-state index in [4.69, 9.17) is 5.73 Å². The first kappa shape index (κ1) is 13.1. The zero-order valence-corrected chi connectivity index (χ0v) is 12.1. The molecule has 2 aromatic rings. The molecular weight excluding hydrogens is 312 g/mol. The summed E-state index contributed by atoms with van der Waals surface area (Å²) in [5.74, 6) is 0.0179. The van der Waals surface area contributed by atoms with Gasteiger partial charge in [-0.25, -0.2) is 0 Å². The van der Waals surface area contributed by atoms with Gasteiger partial charge < -0.3 is 11.1 Å². The zero-order valence-electron chi connectivity index (χ0n) is 9.65. The molecule has 0 bridgehead atoms. The highest BCUT2D eigenvalue weighted by atomic mass is 79.9. The Morgan fingerprint density at radius 2 is 1.94 bits per heavy atom. The number of nitrogens with one attached hydrogen (secondary N) is 1. The first-order valence-electron chi connectivity index (χ1n) is 5.49. The van der Waals surface area contributed by atoms with Gasteiger partial charge in [-0.1, -0.05) is 12.1 Å². The Bertz CT molecular complexity index is 536. The van der Waals surface area contributed by atoms with E-state index in [1.807, 2.05) is 24.3 Å². The topological polar surface area (TPSA) is 55.1 Å². The number of rotatable bonds is 4. The highest BCUT2D eigenvalue weighted by Crippen LogP contribution is 2.21. The van der Waals surface area contributed by atoms with Crippen LogP contribution in [0.25, 0.3) is 0 Å². The molecule has 0 atom stereocenters. The van der Waals surface area contributed by atoms with Crippen LogP contribution in [0, 0.1) is 0 Å². The first-order chi connectivity index (χ1) is 8.63. The van der Waals surface area contributed by atoms with Gasteiger partial charge in [-0.15, -0.1) is 11.3 Å². The number of amides is 1. The number of halogens is 1. The third-order valence-corrected chi connectivity index (χ3v) is 4.06. The van der Waals surface area contributed by atoms with Gasteiger partial charge in [0.1, 0.15) is 0 Å². The molecule has 3 nitrogen and oxygen atoms in total. The second-order valence-electron chi connectivity index (χ2n) is 3.90. The van der Waals surface area contributed by atoms with Crippen molar-refractivity contribution in [3.05, 3.63) is 50.6 Å². The van der Waals surface area contributed by atoms with Gasteiger partial charge in [-0.2, -0.15) is 0 Å². The van der Waals surface area contributed by atoms with E-state index in [1.165, 1.54) is 0 Å². The van der Waals surface area contributed by atoms with Gasteiger partial charge in [0.15, 0.2) is 0 Å². The lowest BCUT2D eigenvalue weighted by Gasteiger charge is -2.04. The molecule has 0 fully saturated rings. The van der Waals surface area contributed by atoms with E-state index < -0.39 is 0 Å². The predicted molar refractivity (Wildman–Crippen MR) is 78.4 cm³/mol. The third-order valence-electron chi connectivity index (χ3n) is 2.43. The number of carbonyl (C=O) groups excluding carboxylic acids is 1. The molecule has 3 N–H and O–H groups in total. The summed E-state index contributed by atoms with van der Waals surface area (Å²) in [5.41, 5.74) is 7.27. The molecule has 0 unspecified atom stereocenters. The summed E-state index contributed by atoms with van der Waals surface area (Å²) in [4.78, 5) is 12.9. The van der Waals surface area contributed by atoms with Crippen LogP contribution in [-0.2, 0) is 17.8 Å². The molecule has 5 heteroatoms. The maximum Gasteiger partial charge on any atom is 0.224 e. The lowest BCUT2D eigenvalue weighted by Crippen LogP contribution is -2.24. The lowest BCUT2D eigenvalue weighted by atomic mass is 10.1. The van der Waals surface area contributed by atoms with Crippen molar-refractivity contribution < 1.29 is 4.79 Å². The molecule has 0 aliphatic carbocycles. The van der Waals surface area contributed by atoms with Crippen LogP contribution < -0.4 is 11.1 Å². The van der Waals surface area contributed by atoms with Crippen molar-refractivity contribution in [3.63, 3.8) is 0 Å². The average Bonchev–Trinajstić information content (AvgIpc) is 2.76. The van der Waals surface area contributed by atoms with Crippen LogP contribution in [0.3, 0.4) is 0 Å². The van der Waals surface area contributed by atoms with Crippen molar-refractivity contribution in [3.8, 4) is 0 Å². The van der Waals surface area contributed by atoms with Crippen molar-refractivity contribution in [2.45, 2.75) is 13.0 Å². The molecule has 0 radical (unpaired) electrons. The molecule has 2 rings (SSSR count). The molecule has 1 heterocycles. The van der Waals surface area contributed by atoms with Crippen LogP contribution in [-0.4, -0.2) is 5.91 Å². The Balaban J connectivity index is 1.83. The highest BCUT2D eigenvalue weighted by Gasteiger charge is 2.04. The highest BCUT2D eigenvalue weighted by molar-refractivity contribution is 9.11. The zero-order chi connectivity index (χ0) is 13.0. The molecule has 0 saturated heterocycles. The van der Waals surface area contributed by atoms with E-state index in [1.54, 1.807) is 23.5 Å². The largest absolute Gasteiger partial charge is 0.399 e. The van der Waals surface area contributed by atoms with Crippen LogP contribution in [0.1, 0.15) is 10.4 Å². The summed E-state index contributed by atoms with van der Waals surface area (Å²) < 4.78 is 1.07. The second kappa shape index (κ2) is 6.02. The monoisotopic (exact) mass is 324 g/mol. The van der Waals surface area contributed by atoms with Gasteiger partial charge in [-0.3, -0.25) is 4.79 Å². The molecule has 1 aromatic heterocycles. The standard InChI is InChI=1S/C13H13BrN2OS/c14-12-6-5-11(18-12)8-16-13(17)7-9-1-3-10(15)4-2-9/h1-6H,7-8,15H2,(H,16,17). The van der Waals surface area contributed by atoms with E-state index in [-0.39, 0.29) is 5.91 Å². The van der Waals surface area contributed by atoms with Gasteiger partial charge in [0, 0.05) is 10.6 Å². The van der Waals surface area contributed by atoms with Crippen molar-refractivity contribution >= 4 is 38.9 Å². The summed E-state index contributed by atoms with van der Waals surface area (Å²) in [6, 6.07) is 11.3. The number of carbonyl (C=O) groups is 1. The molecule has 0 spiro atoms. The maximum atomic E-state index is 11.7. The minimum atomic E-state index is 0.0179. The molecular formula is C13H13BrN2OS. The van der Waals surface area contributed by atoms with Gasteiger partial charge in [0.25, 0.3) is 0 Å². The van der Waals surface area contributed by atoms with Gasteiger partial charge in [0.05, 0.1) is 16.8 Å². The minimum Gasteiger partial charge on any atom is -0.399 e. The van der Waals surface area contributed by atoms with Crippen LogP contribution >= 0.6 is 27.3 Å². The summed E-state index contributed by atoms with van der Waals surface area (Å²) in [7, 11) is 0. The van der Waals surface area contributed by atoms with Crippen LogP contribution in [0.15, 0.2) is 40.2 Å². The lowest BCUT2D eigenvalue weighted by molar-refractivity contribution is -0.120.